The van der Waals surface area contributed by atoms with E-state index in [1.807, 2.05) is 13.8 Å². The molecule has 4 heteroatoms. The number of anilines is 1. The Kier molecular flexibility index (Phi) is 3.55. The maximum absolute atomic E-state index is 11.6. The normalized spacial score (nSPS) is 10.1. The molecule has 0 bridgehead atoms. The van der Waals surface area contributed by atoms with Crippen LogP contribution < -0.4 is 5.32 Å². The minimum absolute atomic E-state index is 0.0257. The third kappa shape index (κ3) is 3.16. The summed E-state index contributed by atoms with van der Waals surface area (Å²) in [4.78, 5) is 26.5. The van der Waals surface area contributed by atoms with E-state index in [4.69, 9.17) is 0 Å². The molecule has 1 rings (SSSR count). The fourth-order valence-corrected chi connectivity index (χ4v) is 1.12. The zero-order valence-corrected chi connectivity index (χ0v) is 9.07. The van der Waals surface area contributed by atoms with Crippen LogP contribution in [0.3, 0.4) is 0 Å². The summed E-state index contributed by atoms with van der Waals surface area (Å²) in [5.74, 6) is 0.0953. The van der Waals surface area contributed by atoms with E-state index in [-0.39, 0.29) is 17.6 Å². The number of carbonyl (C=O) groups excluding carboxylic acids is 2. The summed E-state index contributed by atoms with van der Waals surface area (Å²) in [5.41, 5.74) is 0.385. The molecule has 15 heavy (non-hydrogen) atoms. The second-order valence-corrected chi connectivity index (χ2v) is 3.61. The van der Waals surface area contributed by atoms with Gasteiger partial charge in [-0.05, 0) is 12.1 Å². The zero-order chi connectivity index (χ0) is 11.4. The van der Waals surface area contributed by atoms with Crippen LogP contribution in [-0.4, -0.2) is 16.7 Å². The fourth-order valence-electron chi connectivity index (χ4n) is 1.12. The third-order valence-electron chi connectivity index (χ3n) is 1.83. The number of hydrogen-bond acceptors (Lipinski definition) is 3. The van der Waals surface area contributed by atoms with Gasteiger partial charge in [-0.3, -0.25) is 9.59 Å². The van der Waals surface area contributed by atoms with E-state index in [0.717, 1.165) is 0 Å². The van der Waals surface area contributed by atoms with Gasteiger partial charge in [0.25, 0.3) is 0 Å². The fraction of sp³-hybridized carbons (Fsp3) is 0.364. The lowest BCUT2D eigenvalue weighted by molar-refractivity contribution is -0.114. The first-order valence-electron chi connectivity index (χ1n) is 4.79. The van der Waals surface area contributed by atoms with E-state index in [2.05, 4.69) is 10.3 Å². The Balaban J connectivity index is 2.92. The van der Waals surface area contributed by atoms with Crippen LogP contribution in [0.25, 0.3) is 0 Å². The molecule has 0 radical (unpaired) electrons. The molecule has 1 amide bonds. The maximum atomic E-state index is 11.6. The first-order chi connectivity index (χ1) is 7.00. The Bertz CT molecular complexity index is 386. The first kappa shape index (κ1) is 11.4. The molecule has 0 aliphatic heterocycles. The molecule has 0 unspecified atom stereocenters. The molecule has 1 aromatic rings. The highest BCUT2D eigenvalue weighted by Gasteiger charge is 2.12. The van der Waals surface area contributed by atoms with Crippen LogP contribution in [0.15, 0.2) is 18.2 Å². The molecule has 0 spiro atoms. The largest absolute Gasteiger partial charge is 0.311 e. The Morgan fingerprint density at radius 1 is 1.33 bits per heavy atom. The number of nitrogens with zero attached hydrogens (tertiary/aromatic N) is 1. The molecule has 0 aliphatic rings. The van der Waals surface area contributed by atoms with Gasteiger partial charge in [0.2, 0.25) is 5.91 Å². The average Bonchev–Trinajstić information content (AvgIpc) is 2.16. The minimum Gasteiger partial charge on any atom is -0.311 e. The standard InChI is InChI=1S/C11H14N2O2/c1-7(2)11(15)9-5-4-6-10(13-9)12-8(3)14/h4-7H,1-3H3,(H,12,13,14). The Morgan fingerprint density at radius 3 is 2.53 bits per heavy atom. The molecule has 1 N–H and O–H groups in total. The van der Waals surface area contributed by atoms with Crippen molar-refractivity contribution < 1.29 is 9.59 Å². The van der Waals surface area contributed by atoms with Gasteiger partial charge in [-0.1, -0.05) is 19.9 Å². The van der Waals surface area contributed by atoms with Crippen LogP contribution in [-0.2, 0) is 4.79 Å². The summed E-state index contributed by atoms with van der Waals surface area (Å²) in [7, 11) is 0. The number of hydrogen-bond donors (Lipinski definition) is 1. The molecule has 80 valence electrons. The van der Waals surface area contributed by atoms with Crippen LogP contribution >= 0.6 is 0 Å². The molecule has 1 aromatic heterocycles. The lowest BCUT2D eigenvalue weighted by Crippen LogP contribution is -2.13. The Morgan fingerprint density at radius 2 is 2.00 bits per heavy atom. The highest BCUT2D eigenvalue weighted by Crippen LogP contribution is 2.09. The van der Waals surface area contributed by atoms with Gasteiger partial charge in [0.1, 0.15) is 11.5 Å². The van der Waals surface area contributed by atoms with Gasteiger partial charge in [0, 0.05) is 12.8 Å². The predicted molar refractivity (Wildman–Crippen MR) is 57.7 cm³/mol. The number of Topliss-reactive ketones (excluding diaryl/α,β-unsaturated/α-hetero) is 1. The molecule has 0 saturated heterocycles. The van der Waals surface area contributed by atoms with Crippen molar-refractivity contribution in [1.82, 2.24) is 4.98 Å². The van der Waals surface area contributed by atoms with E-state index in [0.29, 0.717) is 11.5 Å². The smallest absolute Gasteiger partial charge is 0.222 e. The topological polar surface area (TPSA) is 59.1 Å². The van der Waals surface area contributed by atoms with Crippen LogP contribution in [0.4, 0.5) is 5.82 Å². The van der Waals surface area contributed by atoms with Gasteiger partial charge in [-0.2, -0.15) is 0 Å². The SMILES string of the molecule is CC(=O)Nc1cccc(C(=O)C(C)C)n1. The zero-order valence-electron chi connectivity index (χ0n) is 9.07. The van der Waals surface area contributed by atoms with Crippen molar-refractivity contribution in [2.75, 3.05) is 5.32 Å². The van der Waals surface area contributed by atoms with Gasteiger partial charge in [-0.25, -0.2) is 4.98 Å². The molecular formula is C11H14N2O2. The molecule has 0 fully saturated rings. The number of ketones is 1. The van der Waals surface area contributed by atoms with E-state index < -0.39 is 0 Å². The second-order valence-electron chi connectivity index (χ2n) is 3.61. The van der Waals surface area contributed by atoms with Crippen LogP contribution in [0, 0.1) is 5.92 Å². The van der Waals surface area contributed by atoms with Gasteiger partial charge >= 0.3 is 0 Å². The van der Waals surface area contributed by atoms with Crippen molar-refractivity contribution in [1.29, 1.82) is 0 Å². The molecule has 0 aromatic carbocycles. The van der Waals surface area contributed by atoms with Gasteiger partial charge in [0.05, 0.1) is 0 Å². The lowest BCUT2D eigenvalue weighted by Gasteiger charge is -2.05. The molecule has 0 atom stereocenters. The third-order valence-corrected chi connectivity index (χ3v) is 1.83. The van der Waals surface area contributed by atoms with Crippen LogP contribution in [0.5, 0.6) is 0 Å². The van der Waals surface area contributed by atoms with Crippen LogP contribution in [0.2, 0.25) is 0 Å². The molecule has 0 aliphatic carbocycles. The number of nitrogens with one attached hydrogen (secondary N) is 1. The van der Waals surface area contributed by atoms with Gasteiger partial charge < -0.3 is 5.32 Å². The predicted octanol–water partition coefficient (Wildman–Crippen LogP) is 1.88. The molecule has 1 heterocycles. The summed E-state index contributed by atoms with van der Waals surface area (Å²) in [6, 6.07) is 5.00. The maximum Gasteiger partial charge on any atom is 0.222 e. The number of aromatic nitrogens is 1. The highest BCUT2D eigenvalue weighted by atomic mass is 16.1. The van der Waals surface area contributed by atoms with E-state index in [9.17, 15) is 9.59 Å². The molecular weight excluding hydrogens is 192 g/mol. The van der Waals surface area contributed by atoms with E-state index >= 15 is 0 Å². The van der Waals surface area contributed by atoms with Crippen molar-refractivity contribution in [3.8, 4) is 0 Å². The summed E-state index contributed by atoms with van der Waals surface area (Å²) in [5, 5.41) is 2.54. The molecule has 0 saturated carbocycles. The van der Waals surface area contributed by atoms with Crippen molar-refractivity contribution in [3.63, 3.8) is 0 Å². The first-order valence-corrected chi connectivity index (χ1v) is 4.79. The monoisotopic (exact) mass is 206 g/mol. The van der Waals surface area contributed by atoms with Crippen molar-refractivity contribution in [2.45, 2.75) is 20.8 Å². The number of pyridine rings is 1. The van der Waals surface area contributed by atoms with Crippen molar-refractivity contribution >= 4 is 17.5 Å². The minimum atomic E-state index is -0.198. The van der Waals surface area contributed by atoms with Gasteiger partial charge in [-0.15, -0.1) is 0 Å². The number of rotatable bonds is 3. The van der Waals surface area contributed by atoms with E-state index in [1.165, 1.54) is 6.92 Å². The second kappa shape index (κ2) is 4.68. The average molecular weight is 206 g/mol. The summed E-state index contributed by atoms with van der Waals surface area (Å²) < 4.78 is 0. The quantitative estimate of drug-likeness (QED) is 0.768. The van der Waals surface area contributed by atoms with Gasteiger partial charge in [0.15, 0.2) is 5.78 Å². The summed E-state index contributed by atoms with van der Waals surface area (Å²) in [6.45, 7) is 5.03. The highest BCUT2D eigenvalue weighted by molar-refractivity contribution is 5.96. The molecule has 4 nitrogen and oxygen atoms in total. The van der Waals surface area contributed by atoms with Crippen molar-refractivity contribution in [2.24, 2.45) is 5.92 Å². The lowest BCUT2D eigenvalue weighted by atomic mass is 10.1. The Labute approximate surface area is 88.7 Å². The number of amides is 1. The summed E-state index contributed by atoms with van der Waals surface area (Å²) >= 11 is 0. The Hall–Kier alpha value is -1.71. The van der Waals surface area contributed by atoms with Crippen LogP contribution in [0.1, 0.15) is 31.3 Å². The van der Waals surface area contributed by atoms with Crippen molar-refractivity contribution in [3.05, 3.63) is 23.9 Å². The summed E-state index contributed by atoms with van der Waals surface area (Å²) in [6.07, 6.45) is 0. The number of carbonyl (C=O) groups is 2. The van der Waals surface area contributed by atoms with E-state index in [1.54, 1.807) is 18.2 Å².